The molecule has 2 amide bonds. The first-order valence-corrected chi connectivity index (χ1v) is 5.43. The Kier molecular flexibility index (Phi) is 5.75. The standard InChI is InChI=1S/C11H15N3O4/c15-5-3-13-10(17)8-1-2-12-9(7-8)11(18)14-4-6-16/h1-2,7,15-16H,3-6H2,(H,13,17)(H,14,18). The number of aliphatic hydroxyl groups is 2. The molecule has 0 aromatic carbocycles. The van der Waals surface area contributed by atoms with Gasteiger partial charge in [-0.25, -0.2) is 0 Å². The summed E-state index contributed by atoms with van der Waals surface area (Å²) in [5.41, 5.74) is 0.382. The Hall–Kier alpha value is -1.99. The number of aliphatic hydroxyl groups excluding tert-OH is 2. The summed E-state index contributed by atoms with van der Waals surface area (Å²) in [7, 11) is 0. The van der Waals surface area contributed by atoms with E-state index in [1.807, 2.05) is 0 Å². The first-order valence-electron chi connectivity index (χ1n) is 5.43. The molecule has 0 saturated carbocycles. The summed E-state index contributed by atoms with van der Waals surface area (Å²) in [6, 6.07) is 2.81. The second-order valence-electron chi connectivity index (χ2n) is 3.39. The lowest BCUT2D eigenvalue weighted by molar-refractivity contribution is 0.0939. The molecule has 1 heterocycles. The van der Waals surface area contributed by atoms with E-state index in [1.165, 1.54) is 18.3 Å². The lowest BCUT2D eigenvalue weighted by Gasteiger charge is -2.05. The van der Waals surface area contributed by atoms with Crippen LogP contribution in [-0.2, 0) is 0 Å². The van der Waals surface area contributed by atoms with E-state index >= 15 is 0 Å². The highest BCUT2D eigenvalue weighted by Gasteiger charge is 2.10. The molecule has 0 aliphatic carbocycles. The molecule has 0 radical (unpaired) electrons. The molecule has 1 rings (SSSR count). The molecular weight excluding hydrogens is 238 g/mol. The van der Waals surface area contributed by atoms with E-state index in [4.69, 9.17) is 10.2 Å². The van der Waals surface area contributed by atoms with Gasteiger partial charge in [-0.1, -0.05) is 0 Å². The summed E-state index contributed by atoms with van der Waals surface area (Å²) in [6.07, 6.45) is 1.35. The van der Waals surface area contributed by atoms with Crippen LogP contribution in [0.3, 0.4) is 0 Å². The van der Waals surface area contributed by atoms with Crippen molar-refractivity contribution in [2.75, 3.05) is 26.3 Å². The predicted molar refractivity (Wildman–Crippen MR) is 63.1 cm³/mol. The summed E-state index contributed by atoms with van der Waals surface area (Å²) < 4.78 is 0. The van der Waals surface area contributed by atoms with Crippen LogP contribution in [0.15, 0.2) is 18.3 Å². The van der Waals surface area contributed by atoms with Gasteiger partial charge in [-0.3, -0.25) is 14.6 Å². The second kappa shape index (κ2) is 7.36. The lowest BCUT2D eigenvalue weighted by atomic mass is 10.2. The van der Waals surface area contributed by atoms with Gasteiger partial charge < -0.3 is 20.8 Å². The minimum Gasteiger partial charge on any atom is -0.395 e. The SMILES string of the molecule is O=C(NCCO)c1ccnc(C(=O)NCCO)c1. The van der Waals surface area contributed by atoms with Crippen molar-refractivity contribution >= 4 is 11.8 Å². The molecule has 7 nitrogen and oxygen atoms in total. The highest BCUT2D eigenvalue weighted by molar-refractivity contribution is 5.98. The Balaban J connectivity index is 2.72. The fourth-order valence-corrected chi connectivity index (χ4v) is 1.23. The summed E-state index contributed by atoms with van der Waals surface area (Å²) in [6.45, 7) is -0.0439. The zero-order valence-electron chi connectivity index (χ0n) is 9.72. The van der Waals surface area contributed by atoms with Crippen molar-refractivity contribution in [3.63, 3.8) is 0 Å². The van der Waals surface area contributed by atoms with Crippen molar-refractivity contribution in [1.82, 2.24) is 15.6 Å². The van der Waals surface area contributed by atoms with E-state index in [0.717, 1.165) is 0 Å². The summed E-state index contributed by atoms with van der Waals surface area (Å²) >= 11 is 0. The van der Waals surface area contributed by atoms with Crippen molar-refractivity contribution in [2.45, 2.75) is 0 Å². The number of nitrogens with one attached hydrogen (secondary N) is 2. The van der Waals surface area contributed by atoms with E-state index in [2.05, 4.69) is 15.6 Å². The molecule has 1 aromatic heterocycles. The number of aromatic nitrogens is 1. The number of rotatable bonds is 6. The Morgan fingerprint density at radius 2 is 1.72 bits per heavy atom. The maximum atomic E-state index is 11.6. The number of amides is 2. The number of pyridine rings is 1. The van der Waals surface area contributed by atoms with Gasteiger partial charge in [0.1, 0.15) is 5.69 Å². The van der Waals surface area contributed by atoms with Gasteiger partial charge in [0.15, 0.2) is 0 Å². The molecule has 98 valence electrons. The van der Waals surface area contributed by atoms with Crippen molar-refractivity contribution in [3.8, 4) is 0 Å². The molecule has 7 heteroatoms. The fourth-order valence-electron chi connectivity index (χ4n) is 1.23. The molecule has 0 bridgehead atoms. The van der Waals surface area contributed by atoms with Gasteiger partial charge in [0.2, 0.25) is 0 Å². The van der Waals surface area contributed by atoms with Crippen LogP contribution in [0.4, 0.5) is 0 Å². The van der Waals surface area contributed by atoms with Crippen LogP contribution in [0.1, 0.15) is 20.8 Å². The van der Waals surface area contributed by atoms with Crippen molar-refractivity contribution in [1.29, 1.82) is 0 Å². The Morgan fingerprint density at radius 3 is 2.33 bits per heavy atom. The van der Waals surface area contributed by atoms with E-state index in [-0.39, 0.29) is 43.5 Å². The Labute approximate surface area is 104 Å². The maximum Gasteiger partial charge on any atom is 0.269 e. The van der Waals surface area contributed by atoms with Crippen LogP contribution in [0.2, 0.25) is 0 Å². The Morgan fingerprint density at radius 1 is 1.11 bits per heavy atom. The first-order chi connectivity index (χ1) is 8.69. The van der Waals surface area contributed by atoms with Crippen LogP contribution in [-0.4, -0.2) is 53.3 Å². The third-order valence-electron chi connectivity index (χ3n) is 2.05. The minimum atomic E-state index is -0.458. The van der Waals surface area contributed by atoms with Gasteiger partial charge in [0, 0.05) is 24.8 Å². The van der Waals surface area contributed by atoms with Gasteiger partial charge in [0.05, 0.1) is 13.2 Å². The molecular formula is C11H15N3O4. The fraction of sp³-hybridized carbons (Fsp3) is 0.364. The number of nitrogens with zero attached hydrogens (tertiary/aromatic N) is 1. The number of carbonyl (C=O) groups is 2. The van der Waals surface area contributed by atoms with Crippen LogP contribution >= 0.6 is 0 Å². The molecule has 0 saturated heterocycles. The molecule has 0 aliphatic heterocycles. The van der Waals surface area contributed by atoms with Crippen LogP contribution in [0.25, 0.3) is 0 Å². The van der Waals surface area contributed by atoms with Crippen molar-refractivity contribution < 1.29 is 19.8 Å². The Bertz CT molecular complexity index is 387. The largest absolute Gasteiger partial charge is 0.395 e. The summed E-state index contributed by atoms with van der Waals surface area (Å²) in [5.74, 6) is -0.844. The molecule has 18 heavy (non-hydrogen) atoms. The van der Waals surface area contributed by atoms with Gasteiger partial charge in [-0.15, -0.1) is 0 Å². The van der Waals surface area contributed by atoms with E-state index < -0.39 is 5.91 Å². The molecule has 1 aromatic rings. The van der Waals surface area contributed by atoms with Gasteiger partial charge in [-0.05, 0) is 12.1 Å². The molecule has 0 atom stereocenters. The van der Waals surface area contributed by atoms with Crippen LogP contribution in [0.5, 0.6) is 0 Å². The highest BCUT2D eigenvalue weighted by atomic mass is 16.3. The van der Waals surface area contributed by atoms with Crippen LogP contribution < -0.4 is 10.6 Å². The predicted octanol–water partition coefficient (Wildman–Crippen LogP) is -1.47. The molecule has 4 N–H and O–H groups in total. The second-order valence-corrected chi connectivity index (χ2v) is 3.39. The monoisotopic (exact) mass is 253 g/mol. The normalized spacial score (nSPS) is 9.89. The summed E-state index contributed by atoms with van der Waals surface area (Å²) in [4.78, 5) is 26.9. The van der Waals surface area contributed by atoms with E-state index in [0.29, 0.717) is 0 Å². The lowest BCUT2D eigenvalue weighted by Crippen LogP contribution is -2.29. The van der Waals surface area contributed by atoms with Gasteiger partial charge >= 0.3 is 0 Å². The van der Waals surface area contributed by atoms with Crippen molar-refractivity contribution in [3.05, 3.63) is 29.6 Å². The average molecular weight is 253 g/mol. The topological polar surface area (TPSA) is 112 Å². The van der Waals surface area contributed by atoms with Gasteiger partial charge in [0.25, 0.3) is 11.8 Å². The maximum absolute atomic E-state index is 11.6. The molecule has 0 fully saturated rings. The quantitative estimate of drug-likeness (QED) is 0.494. The zero-order chi connectivity index (χ0) is 13.4. The van der Waals surface area contributed by atoms with E-state index in [1.54, 1.807) is 0 Å². The number of hydrogen-bond acceptors (Lipinski definition) is 5. The molecule has 0 unspecified atom stereocenters. The van der Waals surface area contributed by atoms with Crippen molar-refractivity contribution in [2.24, 2.45) is 0 Å². The number of hydrogen-bond donors (Lipinski definition) is 4. The number of carbonyl (C=O) groups excluding carboxylic acids is 2. The smallest absolute Gasteiger partial charge is 0.269 e. The molecule has 0 aliphatic rings. The first kappa shape index (κ1) is 14.1. The zero-order valence-corrected chi connectivity index (χ0v) is 9.72. The highest BCUT2D eigenvalue weighted by Crippen LogP contribution is 2.01. The third-order valence-corrected chi connectivity index (χ3v) is 2.05. The van der Waals surface area contributed by atoms with E-state index in [9.17, 15) is 9.59 Å². The minimum absolute atomic E-state index is 0.0973. The van der Waals surface area contributed by atoms with Gasteiger partial charge in [-0.2, -0.15) is 0 Å². The summed E-state index contributed by atoms with van der Waals surface area (Å²) in [5, 5.41) is 22.1. The molecule has 0 spiro atoms. The van der Waals surface area contributed by atoms with Crippen LogP contribution in [0, 0.1) is 0 Å². The average Bonchev–Trinajstić information content (AvgIpc) is 2.42. The third kappa shape index (κ3) is 4.11.